The van der Waals surface area contributed by atoms with E-state index in [1.807, 2.05) is 12.1 Å². The third-order valence-electron chi connectivity index (χ3n) is 3.78. The summed E-state index contributed by atoms with van der Waals surface area (Å²) in [6.07, 6.45) is 1.66. The highest BCUT2D eigenvalue weighted by Crippen LogP contribution is 2.32. The van der Waals surface area contributed by atoms with Gasteiger partial charge in [-0.1, -0.05) is 30.3 Å². The summed E-state index contributed by atoms with van der Waals surface area (Å²) >= 11 is -2.41. The van der Waals surface area contributed by atoms with Gasteiger partial charge in [-0.15, -0.1) is 0 Å². The summed E-state index contributed by atoms with van der Waals surface area (Å²) in [4.78, 5) is 4.40. The molecule has 10 heteroatoms. The number of aromatic nitrogens is 1. The number of hydrogen-bond donors (Lipinski definition) is 2. The van der Waals surface area contributed by atoms with E-state index in [-0.39, 0.29) is 17.4 Å². The Balaban J connectivity index is 1.97. The van der Waals surface area contributed by atoms with Crippen molar-refractivity contribution in [1.29, 1.82) is 0 Å². The van der Waals surface area contributed by atoms with Crippen molar-refractivity contribution in [2.75, 3.05) is 0 Å². The van der Waals surface area contributed by atoms with Crippen molar-refractivity contribution in [3.8, 4) is 11.5 Å². The average molecular weight is 421 g/mol. The highest BCUT2D eigenvalue weighted by molar-refractivity contribution is 7.81. The molecule has 0 amide bonds. The second kappa shape index (κ2) is 8.48. The molecule has 0 spiro atoms. The highest BCUT2D eigenvalue weighted by atomic mass is 32.3. The Morgan fingerprint density at radius 1 is 0.893 bits per heavy atom. The number of pyridine rings is 1. The standard InChI is InChI=1S/C18H15NO7S2/c20-27(21)25-15-8-4-13(5-9-15)18(17-3-1-2-12-19-17)14-6-10-16(11-7-14)26-28(22,23)24/h1-12,18H,(H,20,21)(H,22,23,24). The van der Waals surface area contributed by atoms with Gasteiger partial charge in [0.2, 0.25) is 0 Å². The smallest absolute Gasteiger partial charge is 0.380 e. The molecule has 3 rings (SSSR count). The van der Waals surface area contributed by atoms with Gasteiger partial charge in [0.25, 0.3) is 0 Å². The van der Waals surface area contributed by atoms with E-state index in [1.54, 1.807) is 48.7 Å². The lowest BCUT2D eigenvalue weighted by Gasteiger charge is -2.18. The average Bonchev–Trinajstić information content (AvgIpc) is 2.64. The number of rotatable bonds is 7. The molecular formula is C18H15NO7S2. The molecule has 2 aromatic carbocycles. The lowest BCUT2D eigenvalue weighted by atomic mass is 9.88. The number of hydrogen-bond acceptors (Lipinski definition) is 6. The van der Waals surface area contributed by atoms with Crippen LogP contribution in [-0.4, -0.2) is 26.7 Å². The van der Waals surface area contributed by atoms with E-state index in [0.29, 0.717) is 0 Å². The van der Waals surface area contributed by atoms with Gasteiger partial charge in [0.1, 0.15) is 11.5 Å². The molecule has 8 nitrogen and oxygen atoms in total. The first-order valence-electron chi connectivity index (χ1n) is 7.89. The Labute approximate surface area is 164 Å². The maximum atomic E-state index is 10.8. The van der Waals surface area contributed by atoms with Crippen LogP contribution in [-0.2, 0) is 21.8 Å². The molecule has 0 aliphatic carbocycles. The van der Waals surface area contributed by atoms with E-state index < -0.39 is 21.8 Å². The van der Waals surface area contributed by atoms with Gasteiger partial charge in [0, 0.05) is 6.20 Å². The Kier molecular flexibility index (Phi) is 6.05. The van der Waals surface area contributed by atoms with Gasteiger partial charge in [-0.2, -0.15) is 12.6 Å². The first-order chi connectivity index (χ1) is 13.3. The van der Waals surface area contributed by atoms with Crippen molar-refractivity contribution in [1.82, 2.24) is 4.98 Å². The van der Waals surface area contributed by atoms with E-state index >= 15 is 0 Å². The summed E-state index contributed by atoms with van der Waals surface area (Å²) < 4.78 is 59.2. The van der Waals surface area contributed by atoms with Crippen LogP contribution in [0, 0.1) is 0 Å². The summed E-state index contributed by atoms with van der Waals surface area (Å²) in [5.41, 5.74) is 2.37. The van der Waals surface area contributed by atoms with Gasteiger partial charge in [0.15, 0.2) is 0 Å². The molecule has 0 saturated carbocycles. The molecule has 28 heavy (non-hydrogen) atoms. The predicted molar refractivity (Wildman–Crippen MR) is 102 cm³/mol. The van der Waals surface area contributed by atoms with Gasteiger partial charge in [-0.05, 0) is 47.5 Å². The van der Waals surface area contributed by atoms with Crippen molar-refractivity contribution >= 4 is 21.8 Å². The molecule has 2 atom stereocenters. The van der Waals surface area contributed by atoms with E-state index in [9.17, 15) is 12.6 Å². The Hall–Kier alpha value is -2.79. The molecular weight excluding hydrogens is 406 g/mol. The zero-order chi connectivity index (χ0) is 20.1. The topological polar surface area (TPSA) is 123 Å². The van der Waals surface area contributed by atoms with Gasteiger partial charge < -0.3 is 8.37 Å². The molecule has 0 bridgehead atoms. The Morgan fingerprint density at radius 3 is 1.93 bits per heavy atom. The fourth-order valence-corrected chi connectivity index (χ4v) is 3.35. The molecule has 2 unspecified atom stereocenters. The molecule has 1 heterocycles. The van der Waals surface area contributed by atoms with Crippen LogP contribution in [0.4, 0.5) is 0 Å². The lowest BCUT2D eigenvalue weighted by molar-refractivity contribution is 0.386. The van der Waals surface area contributed by atoms with Crippen LogP contribution < -0.4 is 8.37 Å². The zero-order valence-electron chi connectivity index (χ0n) is 14.2. The van der Waals surface area contributed by atoms with Crippen LogP contribution in [0.1, 0.15) is 22.7 Å². The van der Waals surface area contributed by atoms with Crippen molar-refractivity contribution < 1.29 is 30.1 Å². The van der Waals surface area contributed by atoms with Crippen molar-refractivity contribution in [3.05, 3.63) is 89.7 Å². The fraction of sp³-hybridized carbons (Fsp3) is 0.0556. The zero-order valence-corrected chi connectivity index (χ0v) is 15.8. The first kappa shape index (κ1) is 20.0. The van der Waals surface area contributed by atoms with Crippen molar-refractivity contribution in [3.63, 3.8) is 0 Å². The van der Waals surface area contributed by atoms with Crippen LogP contribution in [0.3, 0.4) is 0 Å². The third-order valence-corrected chi connectivity index (χ3v) is 4.52. The summed E-state index contributed by atoms with van der Waals surface area (Å²) in [6.45, 7) is 0. The van der Waals surface area contributed by atoms with Gasteiger partial charge in [-0.25, -0.2) is 0 Å². The minimum absolute atomic E-state index is 0.0276. The molecule has 0 saturated heterocycles. The van der Waals surface area contributed by atoms with E-state index in [4.69, 9.17) is 13.3 Å². The van der Waals surface area contributed by atoms with Crippen molar-refractivity contribution in [2.45, 2.75) is 5.92 Å². The van der Waals surface area contributed by atoms with Gasteiger partial charge in [0.05, 0.1) is 11.6 Å². The highest BCUT2D eigenvalue weighted by Gasteiger charge is 2.19. The van der Waals surface area contributed by atoms with E-state index in [2.05, 4.69) is 9.17 Å². The van der Waals surface area contributed by atoms with Crippen LogP contribution in [0.25, 0.3) is 0 Å². The lowest BCUT2D eigenvalue weighted by Crippen LogP contribution is -2.08. The number of nitrogens with zero attached hydrogens (tertiary/aromatic N) is 1. The van der Waals surface area contributed by atoms with E-state index in [1.165, 1.54) is 12.1 Å². The van der Waals surface area contributed by atoms with Gasteiger partial charge in [-0.3, -0.25) is 14.1 Å². The molecule has 0 aliphatic rings. The fourth-order valence-electron chi connectivity index (χ4n) is 2.72. The quantitative estimate of drug-likeness (QED) is 0.441. The van der Waals surface area contributed by atoms with Gasteiger partial charge >= 0.3 is 21.8 Å². The molecule has 2 N–H and O–H groups in total. The molecule has 0 fully saturated rings. The summed E-state index contributed by atoms with van der Waals surface area (Å²) in [5.74, 6) is -0.0869. The SMILES string of the molecule is O=S(O)Oc1ccc(C(c2ccc(OS(=O)(=O)O)cc2)c2ccccn2)cc1. The largest absolute Gasteiger partial charge is 0.446 e. The maximum Gasteiger partial charge on any atom is 0.446 e. The molecule has 0 radical (unpaired) electrons. The maximum absolute atomic E-state index is 10.8. The Bertz CT molecular complexity index is 1050. The van der Waals surface area contributed by atoms with Crippen LogP contribution in [0.2, 0.25) is 0 Å². The summed E-state index contributed by atoms with van der Waals surface area (Å²) in [5, 5.41) is 0. The van der Waals surface area contributed by atoms with Crippen LogP contribution in [0.5, 0.6) is 11.5 Å². The first-order valence-corrected chi connectivity index (χ1v) is 10.3. The molecule has 3 aromatic rings. The summed E-state index contributed by atoms with van der Waals surface area (Å²) in [7, 11) is -4.60. The molecule has 1 aromatic heterocycles. The third kappa shape index (κ3) is 5.36. The Morgan fingerprint density at radius 2 is 1.46 bits per heavy atom. The second-order valence-electron chi connectivity index (χ2n) is 5.64. The predicted octanol–water partition coefficient (Wildman–Crippen LogP) is 2.96. The second-order valence-corrected chi connectivity index (χ2v) is 7.26. The normalized spacial score (nSPS) is 13.5. The van der Waals surface area contributed by atoms with Crippen LogP contribution >= 0.6 is 0 Å². The monoisotopic (exact) mass is 421 g/mol. The summed E-state index contributed by atoms with van der Waals surface area (Å²) in [6, 6.07) is 18.3. The molecule has 146 valence electrons. The van der Waals surface area contributed by atoms with E-state index in [0.717, 1.165) is 16.8 Å². The minimum Gasteiger partial charge on any atom is -0.380 e. The van der Waals surface area contributed by atoms with Crippen molar-refractivity contribution in [2.24, 2.45) is 0 Å². The minimum atomic E-state index is -4.60. The number of benzene rings is 2. The molecule has 0 aliphatic heterocycles. The van der Waals surface area contributed by atoms with Crippen LogP contribution in [0.15, 0.2) is 72.9 Å².